The summed E-state index contributed by atoms with van der Waals surface area (Å²) in [6.07, 6.45) is 6.41. The Morgan fingerprint density at radius 3 is 2.29 bits per heavy atom. The van der Waals surface area contributed by atoms with Gasteiger partial charge in [-0.25, -0.2) is 0 Å². The Bertz CT molecular complexity index is 342. The Morgan fingerprint density at radius 2 is 1.65 bits per heavy atom. The molecule has 1 aromatic rings. The van der Waals surface area contributed by atoms with Gasteiger partial charge in [-0.1, -0.05) is 31.4 Å². The van der Waals surface area contributed by atoms with Crippen molar-refractivity contribution in [3.05, 3.63) is 29.8 Å². The SMILES string of the molecule is CN(C)c1ccc(C2CCCCCC2N)cc1. The number of nitrogens with zero attached hydrogens (tertiary/aromatic N) is 1. The van der Waals surface area contributed by atoms with E-state index in [1.807, 2.05) is 0 Å². The molecule has 1 saturated carbocycles. The molecule has 0 heterocycles. The van der Waals surface area contributed by atoms with Gasteiger partial charge in [0.2, 0.25) is 0 Å². The number of hydrogen-bond acceptors (Lipinski definition) is 2. The van der Waals surface area contributed by atoms with E-state index in [9.17, 15) is 0 Å². The summed E-state index contributed by atoms with van der Waals surface area (Å²) in [5.74, 6) is 0.564. The van der Waals surface area contributed by atoms with E-state index in [0.717, 1.165) is 0 Å². The highest BCUT2D eigenvalue weighted by Gasteiger charge is 2.21. The topological polar surface area (TPSA) is 29.3 Å². The van der Waals surface area contributed by atoms with Gasteiger partial charge in [0.25, 0.3) is 0 Å². The molecule has 1 aliphatic rings. The normalized spacial score (nSPS) is 25.4. The lowest BCUT2D eigenvalue weighted by atomic mass is 9.88. The Balaban J connectivity index is 2.14. The van der Waals surface area contributed by atoms with Crippen molar-refractivity contribution in [1.29, 1.82) is 0 Å². The molecule has 94 valence electrons. The molecule has 0 amide bonds. The van der Waals surface area contributed by atoms with E-state index in [-0.39, 0.29) is 0 Å². The first-order chi connectivity index (χ1) is 8.18. The number of anilines is 1. The van der Waals surface area contributed by atoms with Crippen LogP contribution in [0.3, 0.4) is 0 Å². The largest absolute Gasteiger partial charge is 0.378 e. The van der Waals surface area contributed by atoms with Crippen molar-refractivity contribution < 1.29 is 0 Å². The maximum Gasteiger partial charge on any atom is 0.0361 e. The average Bonchev–Trinajstić information content (AvgIpc) is 2.54. The van der Waals surface area contributed by atoms with Gasteiger partial charge in [-0.15, -0.1) is 0 Å². The molecule has 0 radical (unpaired) electrons. The third-order valence-electron chi connectivity index (χ3n) is 3.91. The van der Waals surface area contributed by atoms with Gasteiger partial charge in [-0.05, 0) is 36.5 Å². The molecule has 1 aromatic carbocycles. The van der Waals surface area contributed by atoms with Crippen LogP contribution in [0.5, 0.6) is 0 Å². The van der Waals surface area contributed by atoms with Crippen LogP contribution in [0.1, 0.15) is 43.6 Å². The molecule has 2 unspecified atom stereocenters. The lowest BCUT2D eigenvalue weighted by molar-refractivity contribution is 0.505. The smallest absolute Gasteiger partial charge is 0.0361 e. The zero-order chi connectivity index (χ0) is 12.3. The second kappa shape index (κ2) is 5.54. The van der Waals surface area contributed by atoms with E-state index >= 15 is 0 Å². The average molecular weight is 232 g/mol. The lowest BCUT2D eigenvalue weighted by Gasteiger charge is -2.22. The molecular formula is C15H24N2. The Kier molecular flexibility index (Phi) is 4.06. The van der Waals surface area contributed by atoms with Crippen LogP contribution in [0.15, 0.2) is 24.3 Å². The highest BCUT2D eigenvalue weighted by Crippen LogP contribution is 2.31. The van der Waals surface area contributed by atoms with Gasteiger partial charge in [0.1, 0.15) is 0 Å². The van der Waals surface area contributed by atoms with E-state index in [2.05, 4.69) is 43.3 Å². The first-order valence-electron chi connectivity index (χ1n) is 6.71. The molecule has 17 heavy (non-hydrogen) atoms. The van der Waals surface area contributed by atoms with Crippen LogP contribution in [0.25, 0.3) is 0 Å². The summed E-state index contributed by atoms with van der Waals surface area (Å²) in [4.78, 5) is 2.14. The minimum atomic E-state index is 0.350. The van der Waals surface area contributed by atoms with Crippen LogP contribution < -0.4 is 10.6 Å². The van der Waals surface area contributed by atoms with E-state index in [1.165, 1.54) is 43.4 Å². The van der Waals surface area contributed by atoms with Gasteiger partial charge in [0, 0.05) is 25.8 Å². The van der Waals surface area contributed by atoms with Gasteiger partial charge in [0.15, 0.2) is 0 Å². The number of rotatable bonds is 2. The fraction of sp³-hybridized carbons (Fsp3) is 0.600. The summed E-state index contributed by atoms with van der Waals surface area (Å²) >= 11 is 0. The Hall–Kier alpha value is -1.02. The number of nitrogens with two attached hydrogens (primary N) is 1. The molecule has 0 spiro atoms. The van der Waals surface area contributed by atoms with Crippen molar-refractivity contribution in [2.24, 2.45) is 5.73 Å². The third-order valence-corrected chi connectivity index (χ3v) is 3.91. The van der Waals surface area contributed by atoms with Gasteiger partial charge in [-0.2, -0.15) is 0 Å². The van der Waals surface area contributed by atoms with Gasteiger partial charge in [0.05, 0.1) is 0 Å². The molecule has 2 nitrogen and oxygen atoms in total. The number of benzene rings is 1. The van der Waals surface area contributed by atoms with E-state index < -0.39 is 0 Å². The van der Waals surface area contributed by atoms with E-state index in [1.54, 1.807) is 0 Å². The predicted molar refractivity (Wildman–Crippen MR) is 74.6 cm³/mol. The highest BCUT2D eigenvalue weighted by atomic mass is 15.1. The second-order valence-corrected chi connectivity index (χ2v) is 5.39. The van der Waals surface area contributed by atoms with Crippen LogP contribution >= 0.6 is 0 Å². The van der Waals surface area contributed by atoms with Gasteiger partial charge >= 0.3 is 0 Å². The van der Waals surface area contributed by atoms with E-state index in [4.69, 9.17) is 5.73 Å². The predicted octanol–water partition coefficient (Wildman–Crippen LogP) is 3.13. The summed E-state index contributed by atoms with van der Waals surface area (Å²) < 4.78 is 0. The zero-order valence-corrected chi connectivity index (χ0v) is 11.0. The van der Waals surface area contributed by atoms with Crippen LogP contribution in [0, 0.1) is 0 Å². The molecule has 2 atom stereocenters. The molecular weight excluding hydrogens is 208 g/mol. The maximum absolute atomic E-state index is 6.30. The minimum absolute atomic E-state index is 0.350. The maximum atomic E-state index is 6.30. The van der Waals surface area contributed by atoms with Crippen molar-refractivity contribution in [2.75, 3.05) is 19.0 Å². The minimum Gasteiger partial charge on any atom is -0.378 e. The molecule has 0 aliphatic heterocycles. The summed E-state index contributed by atoms with van der Waals surface area (Å²) in [6.45, 7) is 0. The molecule has 1 aliphatic carbocycles. The first kappa shape index (κ1) is 12.4. The molecule has 0 saturated heterocycles. The molecule has 0 bridgehead atoms. The van der Waals surface area contributed by atoms with Crippen LogP contribution in [0.2, 0.25) is 0 Å². The molecule has 2 rings (SSSR count). The fourth-order valence-corrected chi connectivity index (χ4v) is 2.77. The Labute approximate surface area is 105 Å². The standard InChI is InChI=1S/C15H24N2/c1-17(2)13-10-8-12(9-11-13)14-6-4-3-5-7-15(14)16/h8-11,14-15H,3-7,16H2,1-2H3. The monoisotopic (exact) mass is 232 g/mol. The molecule has 1 fully saturated rings. The van der Waals surface area contributed by atoms with Crippen molar-refractivity contribution in [3.63, 3.8) is 0 Å². The number of hydrogen-bond donors (Lipinski definition) is 1. The summed E-state index contributed by atoms with van der Waals surface area (Å²) in [7, 11) is 4.15. The molecule has 2 N–H and O–H groups in total. The quantitative estimate of drug-likeness (QED) is 0.794. The second-order valence-electron chi connectivity index (χ2n) is 5.39. The van der Waals surface area contributed by atoms with Crippen LogP contribution in [0.4, 0.5) is 5.69 Å². The van der Waals surface area contributed by atoms with Crippen molar-refractivity contribution in [3.8, 4) is 0 Å². The van der Waals surface area contributed by atoms with Crippen molar-refractivity contribution >= 4 is 5.69 Å². The third kappa shape index (κ3) is 3.01. The summed E-state index contributed by atoms with van der Waals surface area (Å²) in [5.41, 5.74) is 8.98. The summed E-state index contributed by atoms with van der Waals surface area (Å²) in [6, 6.07) is 9.26. The zero-order valence-electron chi connectivity index (χ0n) is 11.0. The lowest BCUT2D eigenvalue weighted by Crippen LogP contribution is -2.27. The van der Waals surface area contributed by atoms with Gasteiger partial charge in [-0.3, -0.25) is 0 Å². The summed E-state index contributed by atoms with van der Waals surface area (Å²) in [5, 5.41) is 0. The first-order valence-corrected chi connectivity index (χ1v) is 6.71. The van der Waals surface area contributed by atoms with Gasteiger partial charge < -0.3 is 10.6 Å². The van der Waals surface area contributed by atoms with Crippen molar-refractivity contribution in [2.45, 2.75) is 44.1 Å². The fourth-order valence-electron chi connectivity index (χ4n) is 2.77. The highest BCUT2D eigenvalue weighted by molar-refractivity contribution is 5.46. The van der Waals surface area contributed by atoms with Crippen LogP contribution in [-0.2, 0) is 0 Å². The van der Waals surface area contributed by atoms with Crippen molar-refractivity contribution in [1.82, 2.24) is 0 Å². The van der Waals surface area contributed by atoms with E-state index in [0.29, 0.717) is 12.0 Å². The molecule has 0 aromatic heterocycles. The Morgan fingerprint density at radius 1 is 1.00 bits per heavy atom. The molecule has 2 heteroatoms. The van der Waals surface area contributed by atoms with Crippen LogP contribution in [-0.4, -0.2) is 20.1 Å².